The topological polar surface area (TPSA) is 117 Å². The molecule has 1 aliphatic rings. The van der Waals surface area contributed by atoms with Gasteiger partial charge in [-0.1, -0.05) is 29.8 Å². The average Bonchev–Trinajstić information content (AvgIpc) is 3.37. The van der Waals surface area contributed by atoms with Gasteiger partial charge < -0.3 is 20.7 Å². The van der Waals surface area contributed by atoms with Crippen molar-refractivity contribution in [2.45, 2.75) is 30.1 Å². The molecule has 9 nitrogen and oxygen atoms in total. The van der Waals surface area contributed by atoms with Crippen molar-refractivity contribution in [2.75, 3.05) is 22.5 Å². The molecule has 0 radical (unpaired) electrons. The number of rotatable bonds is 7. The number of nitrogens with zero attached hydrogens (tertiary/aromatic N) is 1. The number of alkyl halides is 3. The van der Waals surface area contributed by atoms with Crippen LogP contribution >= 0.6 is 11.6 Å². The molecule has 3 aromatic rings. The third kappa shape index (κ3) is 7.19. The number of urea groups is 1. The Balaban J connectivity index is 1.39. The molecule has 0 unspecified atom stereocenters. The monoisotopic (exact) mass is 582 g/mol. The van der Waals surface area contributed by atoms with Gasteiger partial charge in [0.05, 0.1) is 9.92 Å². The van der Waals surface area contributed by atoms with Gasteiger partial charge in [0.2, 0.25) is 15.9 Å². The zero-order valence-electron chi connectivity index (χ0n) is 20.0. The minimum absolute atomic E-state index is 0.0556. The van der Waals surface area contributed by atoms with Gasteiger partial charge in [-0.05, 0) is 67.4 Å². The zero-order valence-corrected chi connectivity index (χ0v) is 21.6. The SMILES string of the molecule is O=C(Nc1ccc(S(=O)(=O)N2CCC[C@H]2C(=O)Nc2ccccc2)cc1)Nc1ccc(OC(F)(F)F)c(Cl)c1. The van der Waals surface area contributed by atoms with E-state index in [1.807, 2.05) is 0 Å². The number of benzene rings is 3. The van der Waals surface area contributed by atoms with Crippen molar-refractivity contribution in [3.05, 3.63) is 77.8 Å². The normalized spacial score (nSPS) is 15.9. The summed E-state index contributed by atoms with van der Waals surface area (Å²) in [6.07, 6.45) is -4.01. The first-order valence-electron chi connectivity index (χ1n) is 11.5. The number of sulfonamides is 1. The summed E-state index contributed by atoms with van der Waals surface area (Å²) in [5.74, 6) is -1.04. The van der Waals surface area contributed by atoms with E-state index >= 15 is 0 Å². The Morgan fingerprint density at radius 2 is 1.51 bits per heavy atom. The summed E-state index contributed by atoms with van der Waals surface area (Å²) in [6, 6.07) is 15.7. The van der Waals surface area contributed by atoms with E-state index in [1.54, 1.807) is 30.3 Å². The molecule has 1 heterocycles. The molecule has 14 heteroatoms. The summed E-state index contributed by atoms with van der Waals surface area (Å²) in [5.41, 5.74) is 0.905. The van der Waals surface area contributed by atoms with Crippen LogP contribution in [-0.2, 0) is 14.8 Å². The maximum absolute atomic E-state index is 13.3. The number of nitrogens with one attached hydrogen (secondary N) is 3. The van der Waals surface area contributed by atoms with E-state index in [4.69, 9.17) is 11.6 Å². The van der Waals surface area contributed by atoms with E-state index in [9.17, 15) is 31.2 Å². The Bertz CT molecular complexity index is 1450. The highest BCUT2D eigenvalue weighted by molar-refractivity contribution is 7.89. The fraction of sp³-hybridized carbons (Fsp3) is 0.200. The molecule has 1 atom stereocenters. The summed E-state index contributed by atoms with van der Waals surface area (Å²) >= 11 is 5.78. The zero-order chi connectivity index (χ0) is 28.2. The Kier molecular flexibility index (Phi) is 8.33. The van der Waals surface area contributed by atoms with Crippen molar-refractivity contribution in [3.8, 4) is 5.75 Å². The molecule has 0 aliphatic carbocycles. The lowest BCUT2D eigenvalue weighted by molar-refractivity contribution is -0.274. The fourth-order valence-electron chi connectivity index (χ4n) is 3.96. The summed E-state index contributed by atoms with van der Waals surface area (Å²) in [7, 11) is -4.00. The summed E-state index contributed by atoms with van der Waals surface area (Å²) < 4.78 is 68.6. The molecule has 1 aliphatic heterocycles. The number of carbonyl (C=O) groups excluding carboxylic acids is 2. The molecular formula is C25H22ClF3N4O5S. The molecule has 3 N–H and O–H groups in total. The quantitative estimate of drug-likeness (QED) is 0.332. The third-order valence-electron chi connectivity index (χ3n) is 5.68. The van der Waals surface area contributed by atoms with Crippen LogP contribution in [0.1, 0.15) is 12.8 Å². The summed E-state index contributed by atoms with van der Waals surface area (Å²) in [4.78, 5) is 25.1. The van der Waals surface area contributed by atoms with E-state index in [-0.39, 0.29) is 27.8 Å². The van der Waals surface area contributed by atoms with E-state index in [2.05, 4.69) is 20.7 Å². The first-order chi connectivity index (χ1) is 18.4. The van der Waals surface area contributed by atoms with Gasteiger partial charge in [-0.3, -0.25) is 4.79 Å². The van der Waals surface area contributed by atoms with Crippen LogP contribution in [0.2, 0.25) is 5.02 Å². The minimum Gasteiger partial charge on any atom is -0.404 e. The lowest BCUT2D eigenvalue weighted by Gasteiger charge is -2.23. The third-order valence-corrected chi connectivity index (χ3v) is 7.90. The lowest BCUT2D eigenvalue weighted by Crippen LogP contribution is -2.43. The molecule has 3 aromatic carbocycles. The molecule has 39 heavy (non-hydrogen) atoms. The Hall–Kier alpha value is -3.81. The maximum atomic E-state index is 13.3. The number of anilines is 3. The van der Waals surface area contributed by atoms with Gasteiger partial charge in [-0.15, -0.1) is 13.2 Å². The van der Waals surface area contributed by atoms with Crippen molar-refractivity contribution in [1.29, 1.82) is 0 Å². The van der Waals surface area contributed by atoms with Gasteiger partial charge in [0.15, 0.2) is 0 Å². The van der Waals surface area contributed by atoms with E-state index < -0.39 is 40.1 Å². The first kappa shape index (κ1) is 28.2. The number of carbonyl (C=O) groups is 2. The average molecular weight is 583 g/mol. The molecule has 0 saturated carbocycles. The predicted octanol–water partition coefficient (Wildman–Crippen LogP) is 5.67. The molecule has 206 valence electrons. The Labute approximate surface area is 227 Å². The molecule has 1 fully saturated rings. The van der Waals surface area contributed by atoms with Crippen molar-refractivity contribution in [2.24, 2.45) is 0 Å². The number of ether oxygens (including phenoxy) is 1. The van der Waals surface area contributed by atoms with Gasteiger partial charge in [0.25, 0.3) is 0 Å². The Morgan fingerprint density at radius 1 is 0.897 bits per heavy atom. The van der Waals surface area contributed by atoms with E-state index in [0.717, 1.165) is 16.4 Å². The molecule has 0 spiro atoms. The molecular weight excluding hydrogens is 561 g/mol. The van der Waals surface area contributed by atoms with Gasteiger partial charge in [-0.25, -0.2) is 13.2 Å². The predicted molar refractivity (Wildman–Crippen MR) is 139 cm³/mol. The van der Waals surface area contributed by atoms with Crippen LogP contribution in [0.4, 0.5) is 35.0 Å². The van der Waals surface area contributed by atoms with Gasteiger partial charge in [-0.2, -0.15) is 4.31 Å². The van der Waals surface area contributed by atoms with Gasteiger partial charge >= 0.3 is 12.4 Å². The standard InChI is InChI=1S/C25H22ClF3N4O5S/c26-20-15-18(10-13-22(20)38-25(27,28)29)32-24(35)31-17-8-11-19(12-9-17)39(36,37)33-14-4-7-21(33)23(34)30-16-5-2-1-3-6-16/h1-3,5-6,8-13,15,21H,4,7,14H2,(H,30,34)(H2,31,32,35)/t21-/m0/s1. The number of hydrogen-bond donors (Lipinski definition) is 3. The second-order valence-electron chi connectivity index (χ2n) is 8.43. The van der Waals surface area contributed by atoms with Gasteiger partial charge in [0, 0.05) is 23.6 Å². The van der Waals surface area contributed by atoms with Crippen molar-refractivity contribution in [1.82, 2.24) is 4.31 Å². The van der Waals surface area contributed by atoms with Crippen LogP contribution in [0.15, 0.2) is 77.7 Å². The highest BCUT2D eigenvalue weighted by Gasteiger charge is 2.39. The van der Waals surface area contributed by atoms with Crippen molar-refractivity contribution >= 4 is 50.6 Å². The van der Waals surface area contributed by atoms with Crippen LogP contribution in [0.5, 0.6) is 5.75 Å². The highest BCUT2D eigenvalue weighted by Crippen LogP contribution is 2.32. The van der Waals surface area contributed by atoms with E-state index in [0.29, 0.717) is 18.5 Å². The Morgan fingerprint density at radius 3 is 2.15 bits per heavy atom. The number of hydrogen-bond acceptors (Lipinski definition) is 5. The number of para-hydroxylation sites is 1. The maximum Gasteiger partial charge on any atom is 0.573 e. The summed E-state index contributed by atoms with van der Waals surface area (Å²) in [6.45, 7) is 0.187. The van der Waals surface area contributed by atoms with Crippen LogP contribution in [0, 0.1) is 0 Å². The van der Waals surface area contributed by atoms with Crippen LogP contribution in [-0.4, -0.2) is 43.6 Å². The smallest absolute Gasteiger partial charge is 0.404 e. The highest BCUT2D eigenvalue weighted by atomic mass is 35.5. The van der Waals surface area contributed by atoms with E-state index in [1.165, 1.54) is 30.3 Å². The first-order valence-corrected chi connectivity index (χ1v) is 13.4. The second kappa shape index (κ2) is 11.5. The second-order valence-corrected chi connectivity index (χ2v) is 10.7. The van der Waals surface area contributed by atoms with Crippen LogP contribution in [0.25, 0.3) is 0 Å². The number of amides is 3. The molecule has 0 aromatic heterocycles. The number of halogens is 4. The molecule has 3 amide bonds. The van der Waals surface area contributed by atoms with Crippen LogP contribution < -0.4 is 20.7 Å². The fourth-order valence-corrected chi connectivity index (χ4v) is 5.84. The van der Waals surface area contributed by atoms with Crippen molar-refractivity contribution < 1.29 is 35.9 Å². The molecule has 1 saturated heterocycles. The van der Waals surface area contributed by atoms with Crippen molar-refractivity contribution in [3.63, 3.8) is 0 Å². The lowest BCUT2D eigenvalue weighted by atomic mass is 10.2. The van der Waals surface area contributed by atoms with Crippen LogP contribution in [0.3, 0.4) is 0 Å². The molecule has 0 bridgehead atoms. The minimum atomic E-state index is -4.92. The van der Waals surface area contributed by atoms with Gasteiger partial charge in [0.1, 0.15) is 11.8 Å². The molecule has 4 rings (SSSR count). The summed E-state index contributed by atoms with van der Waals surface area (Å²) in [5, 5.41) is 7.27. The largest absolute Gasteiger partial charge is 0.573 e.